The van der Waals surface area contributed by atoms with Crippen molar-refractivity contribution in [3.8, 4) is 11.4 Å². The van der Waals surface area contributed by atoms with Crippen molar-refractivity contribution in [3.05, 3.63) is 29.9 Å². The van der Waals surface area contributed by atoms with Crippen LogP contribution in [0.2, 0.25) is 0 Å². The van der Waals surface area contributed by atoms with Crippen LogP contribution in [0.4, 0.5) is 0 Å². The maximum Gasteiger partial charge on any atom is 0.240 e. The van der Waals surface area contributed by atoms with E-state index in [0.29, 0.717) is 24.3 Å². The quantitative estimate of drug-likeness (QED) is 0.866. The van der Waals surface area contributed by atoms with Gasteiger partial charge < -0.3 is 9.84 Å². The highest BCUT2D eigenvalue weighted by molar-refractivity contribution is 5.57. The summed E-state index contributed by atoms with van der Waals surface area (Å²) in [7, 11) is 0. The van der Waals surface area contributed by atoms with Crippen molar-refractivity contribution < 1.29 is 4.52 Å². The second kappa shape index (κ2) is 4.25. The molecule has 0 unspecified atom stereocenters. The van der Waals surface area contributed by atoms with E-state index < -0.39 is 0 Å². The minimum Gasteiger partial charge on any atom is -0.338 e. The van der Waals surface area contributed by atoms with Crippen LogP contribution in [0.25, 0.3) is 11.4 Å². The molecular formula is C12H14N4O. The van der Waals surface area contributed by atoms with E-state index in [1.165, 1.54) is 12.8 Å². The Morgan fingerprint density at radius 1 is 1.47 bits per heavy atom. The zero-order valence-corrected chi connectivity index (χ0v) is 9.68. The summed E-state index contributed by atoms with van der Waals surface area (Å²) in [6.07, 6.45) is 6.03. The standard InChI is InChI=1S/C12H14N4O/c1-8-4-5-13-6-10(8)12-15-11(17-16-12)7-14-9-2-3-9/h4-6,9,14H,2-3,7H2,1H3. The normalized spacial score (nSPS) is 15.1. The average Bonchev–Trinajstić information content (AvgIpc) is 3.06. The highest BCUT2D eigenvalue weighted by atomic mass is 16.5. The van der Waals surface area contributed by atoms with Crippen molar-refractivity contribution in [1.29, 1.82) is 0 Å². The van der Waals surface area contributed by atoms with E-state index in [0.717, 1.165) is 11.1 Å². The Labute approximate surface area is 99.3 Å². The minimum absolute atomic E-state index is 0.614. The van der Waals surface area contributed by atoms with E-state index in [2.05, 4.69) is 20.4 Å². The van der Waals surface area contributed by atoms with E-state index in [4.69, 9.17) is 4.52 Å². The number of hydrogen-bond donors (Lipinski definition) is 1. The van der Waals surface area contributed by atoms with Gasteiger partial charge in [-0.1, -0.05) is 5.16 Å². The zero-order valence-electron chi connectivity index (χ0n) is 9.68. The number of nitrogens with one attached hydrogen (secondary N) is 1. The first-order chi connectivity index (χ1) is 8.33. The van der Waals surface area contributed by atoms with Crippen LogP contribution in [0.15, 0.2) is 23.0 Å². The van der Waals surface area contributed by atoms with E-state index in [9.17, 15) is 0 Å². The van der Waals surface area contributed by atoms with Crippen molar-refractivity contribution in [2.45, 2.75) is 32.4 Å². The number of hydrogen-bond acceptors (Lipinski definition) is 5. The molecule has 88 valence electrons. The van der Waals surface area contributed by atoms with Gasteiger partial charge in [-0.15, -0.1) is 0 Å². The van der Waals surface area contributed by atoms with Gasteiger partial charge in [-0.3, -0.25) is 4.98 Å². The van der Waals surface area contributed by atoms with Crippen LogP contribution in [-0.2, 0) is 6.54 Å². The molecule has 1 fully saturated rings. The molecule has 3 rings (SSSR count). The summed E-state index contributed by atoms with van der Waals surface area (Å²) < 4.78 is 5.20. The van der Waals surface area contributed by atoms with Crippen molar-refractivity contribution in [3.63, 3.8) is 0 Å². The molecule has 5 nitrogen and oxygen atoms in total. The monoisotopic (exact) mass is 230 g/mol. The Bertz CT molecular complexity index is 519. The Morgan fingerprint density at radius 3 is 3.12 bits per heavy atom. The van der Waals surface area contributed by atoms with Gasteiger partial charge in [-0.05, 0) is 31.4 Å². The van der Waals surface area contributed by atoms with Crippen LogP contribution in [0, 0.1) is 6.92 Å². The average molecular weight is 230 g/mol. The molecule has 0 aromatic carbocycles. The van der Waals surface area contributed by atoms with E-state index in [-0.39, 0.29) is 0 Å². The summed E-state index contributed by atoms with van der Waals surface area (Å²) in [4.78, 5) is 8.44. The smallest absolute Gasteiger partial charge is 0.240 e. The summed E-state index contributed by atoms with van der Waals surface area (Å²) in [6, 6.07) is 2.58. The van der Waals surface area contributed by atoms with Crippen molar-refractivity contribution in [2.75, 3.05) is 0 Å². The van der Waals surface area contributed by atoms with Gasteiger partial charge >= 0.3 is 0 Å². The second-order valence-electron chi connectivity index (χ2n) is 4.36. The lowest BCUT2D eigenvalue weighted by atomic mass is 10.1. The predicted molar refractivity (Wildman–Crippen MR) is 62.1 cm³/mol. The van der Waals surface area contributed by atoms with Crippen LogP contribution in [0.3, 0.4) is 0 Å². The van der Waals surface area contributed by atoms with Crippen molar-refractivity contribution in [2.24, 2.45) is 0 Å². The number of aromatic nitrogens is 3. The molecule has 1 saturated carbocycles. The number of nitrogens with zero attached hydrogens (tertiary/aromatic N) is 3. The van der Waals surface area contributed by atoms with Crippen LogP contribution in [-0.4, -0.2) is 21.2 Å². The molecule has 1 aliphatic carbocycles. The minimum atomic E-state index is 0.614. The fourth-order valence-corrected chi connectivity index (χ4v) is 1.65. The lowest BCUT2D eigenvalue weighted by Crippen LogP contribution is -2.15. The molecular weight excluding hydrogens is 216 g/mol. The molecule has 2 heterocycles. The zero-order chi connectivity index (χ0) is 11.7. The highest BCUT2D eigenvalue weighted by Crippen LogP contribution is 2.21. The van der Waals surface area contributed by atoms with Gasteiger partial charge in [0.25, 0.3) is 0 Å². The molecule has 0 bridgehead atoms. The molecule has 0 aliphatic heterocycles. The Morgan fingerprint density at radius 2 is 2.35 bits per heavy atom. The third-order valence-corrected chi connectivity index (χ3v) is 2.87. The molecule has 0 saturated heterocycles. The van der Waals surface area contributed by atoms with Gasteiger partial charge in [0.2, 0.25) is 11.7 Å². The fraction of sp³-hybridized carbons (Fsp3) is 0.417. The summed E-state index contributed by atoms with van der Waals surface area (Å²) >= 11 is 0. The predicted octanol–water partition coefficient (Wildman–Crippen LogP) is 1.69. The first kappa shape index (κ1) is 10.4. The van der Waals surface area contributed by atoms with Gasteiger partial charge in [0.15, 0.2) is 0 Å². The van der Waals surface area contributed by atoms with Gasteiger partial charge in [-0.25, -0.2) is 0 Å². The Kier molecular flexibility index (Phi) is 2.60. The molecule has 0 spiro atoms. The van der Waals surface area contributed by atoms with E-state index in [1.54, 1.807) is 12.4 Å². The second-order valence-corrected chi connectivity index (χ2v) is 4.36. The summed E-state index contributed by atoms with van der Waals surface area (Å²) in [6.45, 7) is 2.66. The van der Waals surface area contributed by atoms with Crippen LogP contribution in [0.1, 0.15) is 24.3 Å². The Hall–Kier alpha value is -1.75. The molecule has 2 aromatic rings. The van der Waals surface area contributed by atoms with Gasteiger partial charge in [0, 0.05) is 24.0 Å². The van der Waals surface area contributed by atoms with E-state index in [1.807, 2.05) is 13.0 Å². The van der Waals surface area contributed by atoms with Gasteiger partial charge in [0.05, 0.1) is 6.54 Å². The summed E-state index contributed by atoms with van der Waals surface area (Å²) in [5.41, 5.74) is 2.02. The molecule has 0 amide bonds. The molecule has 1 aliphatic rings. The lowest BCUT2D eigenvalue weighted by molar-refractivity contribution is 0.367. The molecule has 0 radical (unpaired) electrons. The van der Waals surface area contributed by atoms with Gasteiger partial charge in [-0.2, -0.15) is 4.98 Å². The molecule has 5 heteroatoms. The lowest BCUT2D eigenvalue weighted by Gasteiger charge is -1.97. The maximum atomic E-state index is 5.20. The molecule has 0 atom stereocenters. The Balaban J connectivity index is 1.77. The fourth-order valence-electron chi connectivity index (χ4n) is 1.65. The first-order valence-electron chi connectivity index (χ1n) is 5.80. The summed E-state index contributed by atoms with van der Waals surface area (Å²) in [5.74, 6) is 1.25. The first-order valence-corrected chi connectivity index (χ1v) is 5.80. The topological polar surface area (TPSA) is 63.8 Å². The largest absolute Gasteiger partial charge is 0.338 e. The van der Waals surface area contributed by atoms with Gasteiger partial charge in [0.1, 0.15) is 0 Å². The van der Waals surface area contributed by atoms with Crippen LogP contribution < -0.4 is 5.32 Å². The SMILES string of the molecule is Cc1ccncc1-c1noc(CNC2CC2)n1. The molecule has 17 heavy (non-hydrogen) atoms. The van der Waals surface area contributed by atoms with Crippen molar-refractivity contribution >= 4 is 0 Å². The van der Waals surface area contributed by atoms with Crippen molar-refractivity contribution in [1.82, 2.24) is 20.4 Å². The molecule has 2 aromatic heterocycles. The number of rotatable bonds is 4. The van der Waals surface area contributed by atoms with Crippen LogP contribution in [0.5, 0.6) is 0 Å². The maximum absolute atomic E-state index is 5.20. The number of aryl methyl sites for hydroxylation is 1. The highest BCUT2D eigenvalue weighted by Gasteiger charge is 2.21. The summed E-state index contributed by atoms with van der Waals surface area (Å²) in [5, 5.41) is 7.32. The van der Waals surface area contributed by atoms with Crippen LogP contribution >= 0.6 is 0 Å². The third-order valence-electron chi connectivity index (χ3n) is 2.87. The third kappa shape index (κ3) is 2.34. The number of pyridine rings is 1. The molecule has 1 N–H and O–H groups in total. The van der Waals surface area contributed by atoms with E-state index >= 15 is 0 Å².